The number of esters is 1. The van der Waals surface area contributed by atoms with Crippen LogP contribution in [0.1, 0.15) is 64.8 Å². The van der Waals surface area contributed by atoms with Crippen molar-refractivity contribution in [1.82, 2.24) is 35.0 Å². The van der Waals surface area contributed by atoms with E-state index >= 15 is 0 Å². The molecule has 4 rings (SSSR count). The van der Waals surface area contributed by atoms with E-state index in [4.69, 9.17) is 14.5 Å². The molecule has 1 saturated carbocycles. The van der Waals surface area contributed by atoms with Crippen molar-refractivity contribution in [3.8, 4) is 17.1 Å². The number of carbonyl (C=O) groups is 1. The number of rotatable bonds is 10. The highest BCUT2D eigenvalue weighted by atomic mass is 16.5. The fourth-order valence-electron chi connectivity index (χ4n) is 4.57. The average molecular weight is 511 g/mol. The van der Waals surface area contributed by atoms with Crippen molar-refractivity contribution in [2.24, 2.45) is 18.9 Å². The summed E-state index contributed by atoms with van der Waals surface area (Å²) >= 11 is 0. The molecule has 0 spiro atoms. The number of nitrogens with zero attached hydrogens (tertiary/aromatic N) is 7. The highest BCUT2D eigenvalue weighted by Gasteiger charge is 2.30. The van der Waals surface area contributed by atoms with Crippen LogP contribution in [0, 0.1) is 18.8 Å². The first-order valence-electron chi connectivity index (χ1n) is 13.1. The molecule has 1 aliphatic rings. The number of aryl methyl sites for hydroxylation is 2. The molecule has 2 atom stereocenters. The van der Waals surface area contributed by atoms with Crippen LogP contribution in [0.15, 0.2) is 18.3 Å². The molecule has 0 amide bonds. The lowest BCUT2D eigenvalue weighted by Gasteiger charge is -2.29. The van der Waals surface area contributed by atoms with Gasteiger partial charge in [-0.15, -0.1) is 10.2 Å². The number of pyridine rings is 1. The van der Waals surface area contributed by atoms with Gasteiger partial charge in [0.2, 0.25) is 0 Å². The van der Waals surface area contributed by atoms with Gasteiger partial charge >= 0.3 is 5.97 Å². The Morgan fingerprint density at radius 2 is 1.97 bits per heavy atom. The maximum Gasteiger partial charge on any atom is 0.309 e. The van der Waals surface area contributed by atoms with Crippen molar-refractivity contribution in [2.45, 2.75) is 85.6 Å². The predicted molar refractivity (Wildman–Crippen MR) is 139 cm³/mol. The molecule has 3 aromatic heterocycles. The van der Waals surface area contributed by atoms with Gasteiger partial charge in [-0.25, -0.2) is 9.67 Å². The molecule has 0 aliphatic heterocycles. The van der Waals surface area contributed by atoms with Gasteiger partial charge in [0, 0.05) is 13.6 Å². The zero-order chi connectivity index (χ0) is 26.5. The van der Waals surface area contributed by atoms with Gasteiger partial charge in [-0.1, -0.05) is 24.3 Å². The molecule has 0 aromatic carbocycles. The number of anilines is 1. The first-order chi connectivity index (χ1) is 17.7. The zero-order valence-electron chi connectivity index (χ0n) is 22.6. The number of aromatic nitrogens is 7. The lowest BCUT2D eigenvalue weighted by atomic mass is 9.87. The second-order valence-corrected chi connectivity index (χ2v) is 10.5. The van der Waals surface area contributed by atoms with E-state index < -0.39 is 0 Å². The molecule has 3 aromatic rings. The maximum atomic E-state index is 12.4. The summed E-state index contributed by atoms with van der Waals surface area (Å²) in [4.78, 5) is 17.2. The van der Waals surface area contributed by atoms with E-state index in [0.29, 0.717) is 30.4 Å². The van der Waals surface area contributed by atoms with Crippen LogP contribution in [-0.2, 0) is 29.7 Å². The molecule has 0 unspecified atom stereocenters. The van der Waals surface area contributed by atoms with Crippen molar-refractivity contribution >= 4 is 11.8 Å². The standard InChI is InChI=1S/C26H38N8O3/c1-16(2)14-34-15-24(29-32-34)27-13-22-25(30-31-33(22)6)21-10-11-23(18(5)28-21)37-20-9-7-8-19(12-20)26(35)36-17(3)4/h10-11,15-17,19-20,27H,7-9,12-14H2,1-6H3/t19-,20-/m0/s1. The van der Waals surface area contributed by atoms with Gasteiger partial charge in [-0.3, -0.25) is 9.48 Å². The number of carbonyl (C=O) groups excluding carboxylic acids is 1. The predicted octanol–water partition coefficient (Wildman–Crippen LogP) is 3.93. The summed E-state index contributed by atoms with van der Waals surface area (Å²) in [6.45, 7) is 11.3. The van der Waals surface area contributed by atoms with Gasteiger partial charge in [0.15, 0.2) is 5.82 Å². The Labute approximate surface area is 217 Å². The monoisotopic (exact) mass is 510 g/mol. The molecular weight excluding hydrogens is 472 g/mol. The second kappa shape index (κ2) is 11.7. The quantitative estimate of drug-likeness (QED) is 0.404. The van der Waals surface area contributed by atoms with E-state index in [2.05, 4.69) is 39.8 Å². The normalized spacial score (nSPS) is 17.8. The van der Waals surface area contributed by atoms with Crippen LogP contribution < -0.4 is 10.1 Å². The summed E-state index contributed by atoms with van der Waals surface area (Å²) in [7, 11) is 1.86. The SMILES string of the molecule is Cc1nc(-c2nnn(C)c2CNc2cn(CC(C)C)nn2)ccc1O[C@H]1CCC[C@H](C(=O)OC(C)C)C1. The van der Waals surface area contributed by atoms with Gasteiger partial charge in [-0.05, 0) is 64.5 Å². The molecule has 11 heteroatoms. The Bertz CT molecular complexity index is 1200. The molecular formula is C26H38N8O3. The van der Waals surface area contributed by atoms with Crippen LogP contribution in [0.3, 0.4) is 0 Å². The molecule has 0 bridgehead atoms. The van der Waals surface area contributed by atoms with E-state index in [0.717, 1.165) is 48.6 Å². The van der Waals surface area contributed by atoms with Gasteiger partial charge in [0.05, 0.1) is 47.9 Å². The van der Waals surface area contributed by atoms with Crippen LogP contribution >= 0.6 is 0 Å². The lowest BCUT2D eigenvalue weighted by molar-refractivity contribution is -0.154. The Morgan fingerprint density at radius 3 is 2.70 bits per heavy atom. The molecule has 1 N–H and O–H groups in total. The minimum Gasteiger partial charge on any atom is -0.489 e. The van der Waals surface area contributed by atoms with E-state index in [1.807, 2.05) is 50.8 Å². The molecule has 200 valence electrons. The number of ether oxygens (including phenoxy) is 2. The van der Waals surface area contributed by atoms with Crippen molar-refractivity contribution in [3.63, 3.8) is 0 Å². The van der Waals surface area contributed by atoms with E-state index in [9.17, 15) is 4.79 Å². The summed E-state index contributed by atoms with van der Waals surface area (Å²) in [6.07, 6.45) is 5.12. The largest absolute Gasteiger partial charge is 0.489 e. The van der Waals surface area contributed by atoms with E-state index in [1.165, 1.54) is 0 Å². The fourth-order valence-corrected chi connectivity index (χ4v) is 4.57. The molecule has 0 radical (unpaired) electrons. The van der Waals surface area contributed by atoms with Gasteiger partial charge in [0.25, 0.3) is 0 Å². The van der Waals surface area contributed by atoms with Crippen LogP contribution in [-0.4, -0.2) is 53.1 Å². The number of hydrogen-bond acceptors (Lipinski definition) is 9. The number of hydrogen-bond donors (Lipinski definition) is 1. The minimum atomic E-state index is -0.125. The zero-order valence-corrected chi connectivity index (χ0v) is 22.6. The summed E-state index contributed by atoms with van der Waals surface area (Å²) in [5, 5.41) is 20.3. The van der Waals surface area contributed by atoms with Gasteiger partial charge in [0.1, 0.15) is 11.4 Å². The smallest absolute Gasteiger partial charge is 0.309 e. The van der Waals surface area contributed by atoms with Crippen LogP contribution in [0.4, 0.5) is 5.82 Å². The Balaban J connectivity index is 1.42. The highest BCUT2D eigenvalue weighted by molar-refractivity contribution is 5.72. The average Bonchev–Trinajstić information content (AvgIpc) is 3.44. The fraction of sp³-hybridized carbons (Fsp3) is 0.615. The first kappa shape index (κ1) is 26.6. The van der Waals surface area contributed by atoms with E-state index in [-0.39, 0.29) is 24.1 Å². The molecule has 1 fully saturated rings. The third-order valence-corrected chi connectivity index (χ3v) is 6.36. The summed E-state index contributed by atoms with van der Waals surface area (Å²) in [5.41, 5.74) is 3.08. The molecule has 0 saturated heterocycles. The number of nitrogens with one attached hydrogen (secondary N) is 1. The maximum absolute atomic E-state index is 12.4. The highest BCUT2D eigenvalue weighted by Crippen LogP contribution is 2.31. The molecule has 1 aliphatic carbocycles. The third-order valence-electron chi connectivity index (χ3n) is 6.36. The summed E-state index contributed by atoms with van der Waals surface area (Å²) in [6, 6.07) is 3.83. The first-order valence-corrected chi connectivity index (χ1v) is 13.1. The van der Waals surface area contributed by atoms with Crippen molar-refractivity contribution < 1.29 is 14.3 Å². The summed E-state index contributed by atoms with van der Waals surface area (Å²) in [5.74, 6) is 1.67. The molecule has 11 nitrogen and oxygen atoms in total. The van der Waals surface area contributed by atoms with Crippen molar-refractivity contribution in [1.29, 1.82) is 0 Å². The van der Waals surface area contributed by atoms with Crippen LogP contribution in [0.5, 0.6) is 5.75 Å². The summed E-state index contributed by atoms with van der Waals surface area (Å²) < 4.78 is 15.3. The van der Waals surface area contributed by atoms with E-state index in [1.54, 1.807) is 4.68 Å². The Morgan fingerprint density at radius 1 is 1.16 bits per heavy atom. The topological polar surface area (TPSA) is 122 Å². The molecule has 3 heterocycles. The van der Waals surface area contributed by atoms with Gasteiger partial charge in [-0.2, -0.15) is 0 Å². The second-order valence-electron chi connectivity index (χ2n) is 10.5. The van der Waals surface area contributed by atoms with Crippen molar-refractivity contribution in [2.75, 3.05) is 5.32 Å². The van der Waals surface area contributed by atoms with Gasteiger partial charge < -0.3 is 14.8 Å². The lowest BCUT2D eigenvalue weighted by Crippen LogP contribution is -2.31. The van der Waals surface area contributed by atoms with Crippen molar-refractivity contribution in [3.05, 3.63) is 29.7 Å². The minimum absolute atomic E-state index is 0.0368. The molecule has 37 heavy (non-hydrogen) atoms. The Hall–Kier alpha value is -3.50. The van der Waals surface area contributed by atoms with Crippen LogP contribution in [0.25, 0.3) is 11.4 Å². The third kappa shape index (κ3) is 6.84. The Kier molecular flexibility index (Phi) is 8.40. The van der Waals surface area contributed by atoms with Crippen LogP contribution in [0.2, 0.25) is 0 Å².